The van der Waals surface area contributed by atoms with Crippen LogP contribution in [-0.2, 0) is 23.9 Å². The molecule has 1 amide bonds. The summed E-state index contributed by atoms with van der Waals surface area (Å²) in [4.78, 5) is 39.4. The van der Waals surface area contributed by atoms with E-state index in [2.05, 4.69) is 10.5 Å². The third-order valence-electron chi connectivity index (χ3n) is 2.62. The zero-order chi connectivity index (χ0) is 20.6. The van der Waals surface area contributed by atoms with Gasteiger partial charge in [0, 0.05) is 10.9 Å². The van der Waals surface area contributed by atoms with Gasteiger partial charge in [0.05, 0.1) is 11.6 Å². The van der Waals surface area contributed by atoms with E-state index in [-0.39, 0.29) is 18.1 Å². The number of nitrogens with zero attached hydrogens (tertiary/aromatic N) is 1. The number of nitrogens with one attached hydrogen (secondary N) is 1. The van der Waals surface area contributed by atoms with Crippen LogP contribution in [0.1, 0.15) is 40.2 Å². The van der Waals surface area contributed by atoms with Gasteiger partial charge in [-0.1, -0.05) is 19.0 Å². The number of amides is 1. The molecule has 27 heavy (non-hydrogen) atoms. The fourth-order valence-corrected chi connectivity index (χ4v) is 2.37. The summed E-state index contributed by atoms with van der Waals surface area (Å²) in [7, 11) is 0. The van der Waals surface area contributed by atoms with Crippen molar-refractivity contribution in [1.82, 2.24) is 0 Å². The van der Waals surface area contributed by atoms with Gasteiger partial charge in [-0.3, -0.25) is 5.32 Å². The normalized spacial score (nSPS) is 11.9. The van der Waals surface area contributed by atoms with E-state index in [1.165, 1.54) is 11.4 Å². The van der Waals surface area contributed by atoms with Crippen molar-refractivity contribution in [3.05, 3.63) is 17.0 Å². The molecule has 0 saturated heterocycles. The Bertz CT molecular complexity index is 704. The van der Waals surface area contributed by atoms with Crippen molar-refractivity contribution in [1.29, 1.82) is 0 Å². The maximum absolute atomic E-state index is 11.7. The highest BCUT2D eigenvalue weighted by Crippen LogP contribution is 2.22. The number of carboxylic acid groups (broad SMARTS) is 1. The zero-order valence-corrected chi connectivity index (χ0v) is 16.7. The molecule has 0 radical (unpaired) electrons. The van der Waals surface area contributed by atoms with Crippen LogP contribution in [-0.4, -0.2) is 47.7 Å². The number of rotatable bonds is 8. The molecule has 0 spiro atoms. The van der Waals surface area contributed by atoms with Gasteiger partial charge in [0.1, 0.15) is 5.60 Å². The van der Waals surface area contributed by atoms with Crippen molar-refractivity contribution in [3.63, 3.8) is 0 Å². The van der Waals surface area contributed by atoms with Crippen molar-refractivity contribution in [2.75, 3.05) is 18.5 Å². The molecule has 1 aromatic heterocycles. The highest BCUT2D eigenvalue weighted by molar-refractivity contribution is 7.14. The molecular weight excluding hydrogens is 376 g/mol. The maximum atomic E-state index is 11.7. The topological polar surface area (TPSA) is 124 Å². The lowest BCUT2D eigenvalue weighted by molar-refractivity contribution is -0.150. The van der Waals surface area contributed by atoms with E-state index in [0.717, 1.165) is 11.3 Å². The second kappa shape index (κ2) is 9.91. The Morgan fingerprint density at radius 3 is 2.52 bits per heavy atom. The first-order chi connectivity index (χ1) is 12.5. The van der Waals surface area contributed by atoms with Gasteiger partial charge in [0.25, 0.3) is 0 Å². The number of esters is 1. The molecule has 1 rings (SSSR count). The van der Waals surface area contributed by atoms with E-state index < -0.39 is 36.0 Å². The standard InChI is InChI=1S/C17H24N2O7S/c1-10(2)7-24-13(20)8-25-19-14(15(21)22)11-6-12(27-9-11)18-16(23)26-17(3,4)5/h6,9-10H,7-8H2,1-5H3,(H,18,23)(H,21,22)/b19-14-. The summed E-state index contributed by atoms with van der Waals surface area (Å²) in [5, 5.41) is 17.1. The molecule has 10 heteroatoms. The Hall–Kier alpha value is -2.62. The highest BCUT2D eigenvalue weighted by Gasteiger charge is 2.19. The van der Waals surface area contributed by atoms with Crippen molar-refractivity contribution in [2.45, 2.75) is 40.2 Å². The van der Waals surface area contributed by atoms with Crippen molar-refractivity contribution >= 4 is 40.1 Å². The molecule has 0 aliphatic rings. The minimum atomic E-state index is -1.34. The molecule has 0 aliphatic heterocycles. The molecule has 150 valence electrons. The molecule has 0 fully saturated rings. The van der Waals surface area contributed by atoms with Gasteiger partial charge in [-0.25, -0.2) is 14.4 Å². The second-order valence-electron chi connectivity index (χ2n) is 6.92. The van der Waals surface area contributed by atoms with Crippen LogP contribution in [0.25, 0.3) is 0 Å². The SMILES string of the molecule is CC(C)COC(=O)CO/N=C(\C(=O)O)c1csc(NC(=O)OC(C)(C)C)c1. The Morgan fingerprint density at radius 1 is 1.30 bits per heavy atom. The zero-order valence-electron chi connectivity index (χ0n) is 15.9. The van der Waals surface area contributed by atoms with E-state index in [9.17, 15) is 19.5 Å². The molecule has 0 aliphatic carbocycles. The van der Waals surface area contributed by atoms with E-state index in [0.29, 0.717) is 5.00 Å². The smallest absolute Gasteiger partial charge is 0.412 e. The number of hydrogen-bond acceptors (Lipinski definition) is 8. The monoisotopic (exact) mass is 400 g/mol. The van der Waals surface area contributed by atoms with Crippen molar-refractivity contribution < 1.29 is 33.8 Å². The number of thiophene rings is 1. The van der Waals surface area contributed by atoms with Gasteiger partial charge in [-0.2, -0.15) is 0 Å². The van der Waals surface area contributed by atoms with E-state index in [1.807, 2.05) is 13.8 Å². The van der Waals surface area contributed by atoms with Crippen molar-refractivity contribution in [2.24, 2.45) is 11.1 Å². The van der Waals surface area contributed by atoms with Crippen LogP contribution >= 0.6 is 11.3 Å². The minimum Gasteiger partial charge on any atom is -0.476 e. The first kappa shape index (κ1) is 22.4. The lowest BCUT2D eigenvalue weighted by Crippen LogP contribution is -2.27. The van der Waals surface area contributed by atoms with Gasteiger partial charge < -0.3 is 19.4 Å². The summed E-state index contributed by atoms with van der Waals surface area (Å²) >= 11 is 1.10. The molecule has 0 bridgehead atoms. The van der Waals surface area contributed by atoms with E-state index in [1.54, 1.807) is 20.8 Å². The lowest BCUT2D eigenvalue weighted by Gasteiger charge is -2.19. The summed E-state index contributed by atoms with van der Waals surface area (Å²) in [5.41, 5.74) is -0.843. The first-order valence-electron chi connectivity index (χ1n) is 8.15. The van der Waals surface area contributed by atoms with Gasteiger partial charge in [0.2, 0.25) is 6.61 Å². The Morgan fingerprint density at radius 2 is 1.96 bits per heavy atom. The number of ether oxygens (including phenoxy) is 2. The number of aliphatic carboxylic acids is 1. The van der Waals surface area contributed by atoms with Crippen LogP contribution < -0.4 is 5.32 Å². The van der Waals surface area contributed by atoms with Crippen LogP contribution in [0.4, 0.5) is 9.80 Å². The molecule has 0 aromatic carbocycles. The number of carbonyl (C=O) groups is 3. The predicted octanol–water partition coefficient (Wildman–Crippen LogP) is 3.10. The second-order valence-corrected chi connectivity index (χ2v) is 7.83. The summed E-state index contributed by atoms with van der Waals surface area (Å²) in [6, 6.07) is 1.42. The van der Waals surface area contributed by atoms with Gasteiger partial charge in [-0.15, -0.1) is 11.3 Å². The fraction of sp³-hybridized carbons (Fsp3) is 0.529. The van der Waals surface area contributed by atoms with Crippen LogP contribution in [0, 0.1) is 5.92 Å². The van der Waals surface area contributed by atoms with Crippen LogP contribution in [0.2, 0.25) is 0 Å². The molecule has 9 nitrogen and oxygen atoms in total. The van der Waals surface area contributed by atoms with E-state index >= 15 is 0 Å². The summed E-state index contributed by atoms with van der Waals surface area (Å²) in [5.74, 6) is -1.81. The number of carbonyl (C=O) groups excluding carboxylic acids is 2. The van der Waals surface area contributed by atoms with Crippen LogP contribution in [0.3, 0.4) is 0 Å². The molecule has 0 atom stereocenters. The quantitative estimate of drug-likeness (QED) is 0.390. The molecule has 0 unspecified atom stereocenters. The summed E-state index contributed by atoms with van der Waals surface area (Å²) in [6.07, 6.45) is -0.658. The average Bonchev–Trinajstić information content (AvgIpc) is 2.94. The number of oxime groups is 1. The Labute approximate surface area is 161 Å². The fourth-order valence-electron chi connectivity index (χ4n) is 1.60. The van der Waals surface area contributed by atoms with Gasteiger partial charge in [0.15, 0.2) is 5.71 Å². The minimum absolute atomic E-state index is 0.175. The Balaban J connectivity index is 2.70. The summed E-state index contributed by atoms with van der Waals surface area (Å²) < 4.78 is 10.0. The Kier molecular flexibility index (Phi) is 8.23. The number of anilines is 1. The maximum Gasteiger partial charge on any atom is 0.412 e. The van der Waals surface area contributed by atoms with Crippen LogP contribution in [0.5, 0.6) is 0 Å². The third-order valence-corrected chi connectivity index (χ3v) is 3.46. The van der Waals surface area contributed by atoms with Gasteiger partial charge >= 0.3 is 18.0 Å². The molecule has 1 aromatic rings. The molecular formula is C17H24N2O7S. The van der Waals surface area contributed by atoms with Crippen LogP contribution in [0.15, 0.2) is 16.6 Å². The predicted molar refractivity (Wildman–Crippen MR) is 100 cm³/mol. The highest BCUT2D eigenvalue weighted by atomic mass is 32.1. The first-order valence-corrected chi connectivity index (χ1v) is 9.03. The number of hydrogen-bond donors (Lipinski definition) is 2. The summed E-state index contributed by atoms with van der Waals surface area (Å²) in [6.45, 7) is 8.68. The van der Waals surface area contributed by atoms with Crippen molar-refractivity contribution in [3.8, 4) is 0 Å². The molecule has 1 heterocycles. The lowest BCUT2D eigenvalue weighted by atomic mass is 10.2. The molecule has 0 saturated carbocycles. The largest absolute Gasteiger partial charge is 0.476 e. The van der Waals surface area contributed by atoms with Gasteiger partial charge in [-0.05, 0) is 32.8 Å². The number of carboxylic acids is 1. The third kappa shape index (κ3) is 9.04. The van der Waals surface area contributed by atoms with E-state index in [4.69, 9.17) is 14.3 Å². The molecule has 2 N–H and O–H groups in total. The average molecular weight is 400 g/mol.